The molecular formula is C19H24ClN5O. The lowest BCUT2D eigenvalue weighted by Crippen LogP contribution is -2.33. The summed E-state index contributed by atoms with van der Waals surface area (Å²) in [5, 5.41) is 8.98. The summed E-state index contributed by atoms with van der Waals surface area (Å²) >= 11 is 6.43. The first-order valence-electron chi connectivity index (χ1n) is 9.00. The molecule has 6 nitrogen and oxygen atoms in total. The van der Waals surface area contributed by atoms with Crippen LogP contribution in [0.25, 0.3) is 5.69 Å². The molecule has 1 fully saturated rings. The Morgan fingerprint density at radius 3 is 2.73 bits per heavy atom. The Balaban J connectivity index is 1.56. The van der Waals surface area contributed by atoms with Crippen LogP contribution in [-0.4, -0.2) is 46.4 Å². The van der Waals surface area contributed by atoms with Crippen molar-refractivity contribution in [3.05, 3.63) is 46.7 Å². The monoisotopic (exact) mass is 373 g/mol. The Morgan fingerprint density at radius 1 is 1.27 bits per heavy atom. The van der Waals surface area contributed by atoms with Crippen molar-refractivity contribution in [1.82, 2.24) is 20.1 Å². The predicted molar refractivity (Wildman–Crippen MR) is 104 cm³/mol. The van der Waals surface area contributed by atoms with Crippen molar-refractivity contribution in [3.8, 4) is 5.69 Å². The molecule has 26 heavy (non-hydrogen) atoms. The van der Waals surface area contributed by atoms with Gasteiger partial charge in [0.05, 0.1) is 23.2 Å². The number of hydrogen-bond acceptors (Lipinski definition) is 4. The van der Waals surface area contributed by atoms with Gasteiger partial charge in [0, 0.05) is 13.0 Å². The molecule has 2 heterocycles. The van der Waals surface area contributed by atoms with E-state index in [0.717, 1.165) is 31.0 Å². The van der Waals surface area contributed by atoms with Crippen LogP contribution in [0.2, 0.25) is 5.15 Å². The molecule has 1 N–H and O–H groups in total. The lowest BCUT2D eigenvalue weighted by molar-refractivity contribution is -0.121. The molecule has 3 rings (SSSR count). The third-order valence-corrected chi connectivity index (χ3v) is 4.90. The number of aryl methyl sites for hydroxylation is 1. The number of rotatable bonds is 6. The van der Waals surface area contributed by atoms with Gasteiger partial charge >= 0.3 is 0 Å². The quantitative estimate of drug-likeness (QED) is 0.625. The number of halogens is 1. The van der Waals surface area contributed by atoms with E-state index in [1.807, 2.05) is 37.3 Å². The zero-order valence-corrected chi connectivity index (χ0v) is 15.7. The van der Waals surface area contributed by atoms with Gasteiger partial charge in [0.15, 0.2) is 0 Å². The lowest BCUT2D eigenvalue weighted by Gasteiger charge is -2.25. The second kappa shape index (κ2) is 8.96. The maximum atomic E-state index is 12.0. The zero-order valence-electron chi connectivity index (χ0n) is 15.0. The average molecular weight is 374 g/mol. The molecule has 2 aromatic rings. The van der Waals surface area contributed by atoms with Crippen LogP contribution in [-0.2, 0) is 4.79 Å². The molecule has 0 unspecified atom stereocenters. The summed E-state index contributed by atoms with van der Waals surface area (Å²) in [4.78, 5) is 14.3. The Morgan fingerprint density at radius 2 is 2.00 bits per heavy atom. The summed E-state index contributed by atoms with van der Waals surface area (Å²) in [7, 11) is 0. The average Bonchev–Trinajstić information content (AvgIpc) is 2.96. The number of hydrogen-bond donors (Lipinski definition) is 1. The molecule has 1 aromatic carbocycles. The SMILES string of the molecule is Cc1nn(-c2ccccc2)c(Cl)c1/C=N/NC(=O)CCN1CCCCC1. The lowest BCUT2D eigenvalue weighted by atomic mass is 10.1. The Hall–Kier alpha value is -2.18. The van der Waals surface area contributed by atoms with E-state index in [-0.39, 0.29) is 5.91 Å². The van der Waals surface area contributed by atoms with E-state index in [0.29, 0.717) is 17.1 Å². The Kier molecular flexibility index (Phi) is 6.41. The molecule has 1 amide bonds. The number of carbonyl (C=O) groups excluding carboxylic acids is 1. The van der Waals surface area contributed by atoms with E-state index in [4.69, 9.17) is 11.6 Å². The number of benzene rings is 1. The Bertz CT molecular complexity index is 766. The molecule has 1 saturated heterocycles. The first-order valence-corrected chi connectivity index (χ1v) is 9.38. The minimum atomic E-state index is -0.0870. The van der Waals surface area contributed by atoms with Gasteiger partial charge < -0.3 is 4.90 Å². The van der Waals surface area contributed by atoms with Gasteiger partial charge in [0.2, 0.25) is 5.91 Å². The van der Waals surface area contributed by atoms with Crippen molar-refractivity contribution in [3.63, 3.8) is 0 Å². The highest BCUT2D eigenvalue weighted by Crippen LogP contribution is 2.21. The molecule has 0 radical (unpaired) electrons. The molecule has 0 atom stereocenters. The fourth-order valence-electron chi connectivity index (χ4n) is 3.07. The summed E-state index contributed by atoms with van der Waals surface area (Å²) in [5.74, 6) is -0.0870. The normalized spacial score (nSPS) is 15.5. The summed E-state index contributed by atoms with van der Waals surface area (Å²) in [5.41, 5.74) is 4.92. The fourth-order valence-corrected chi connectivity index (χ4v) is 3.39. The Labute approximate surface area is 158 Å². The molecule has 0 bridgehead atoms. The van der Waals surface area contributed by atoms with E-state index in [1.165, 1.54) is 19.3 Å². The highest BCUT2D eigenvalue weighted by atomic mass is 35.5. The number of hydrazone groups is 1. The molecule has 0 saturated carbocycles. The summed E-state index contributed by atoms with van der Waals surface area (Å²) in [6.45, 7) is 4.83. The van der Waals surface area contributed by atoms with Gasteiger partial charge in [-0.05, 0) is 45.0 Å². The number of aromatic nitrogens is 2. The molecule has 138 valence electrons. The molecule has 1 aliphatic rings. The molecule has 1 aromatic heterocycles. The number of nitrogens with one attached hydrogen (secondary N) is 1. The largest absolute Gasteiger partial charge is 0.303 e. The fraction of sp³-hybridized carbons (Fsp3) is 0.421. The van der Waals surface area contributed by atoms with Crippen LogP contribution in [0.1, 0.15) is 36.9 Å². The van der Waals surface area contributed by atoms with Crippen molar-refractivity contribution >= 4 is 23.7 Å². The van der Waals surface area contributed by atoms with Crippen LogP contribution in [0.4, 0.5) is 0 Å². The van der Waals surface area contributed by atoms with E-state index in [9.17, 15) is 4.79 Å². The summed E-state index contributed by atoms with van der Waals surface area (Å²) in [6, 6.07) is 9.66. The van der Waals surface area contributed by atoms with Gasteiger partial charge in [-0.3, -0.25) is 4.79 Å². The topological polar surface area (TPSA) is 62.5 Å². The van der Waals surface area contributed by atoms with E-state index < -0.39 is 0 Å². The first-order chi connectivity index (χ1) is 12.6. The summed E-state index contributed by atoms with van der Waals surface area (Å²) < 4.78 is 1.66. The highest BCUT2D eigenvalue weighted by molar-refractivity contribution is 6.32. The summed E-state index contributed by atoms with van der Waals surface area (Å²) in [6.07, 6.45) is 5.76. The third kappa shape index (κ3) is 4.71. The van der Waals surface area contributed by atoms with Crippen LogP contribution < -0.4 is 5.43 Å². The molecule has 0 aliphatic carbocycles. The van der Waals surface area contributed by atoms with Gasteiger partial charge in [-0.25, -0.2) is 10.1 Å². The van der Waals surface area contributed by atoms with Gasteiger partial charge in [0.1, 0.15) is 5.15 Å². The number of likely N-dealkylation sites (tertiary alicyclic amines) is 1. The third-order valence-electron chi connectivity index (χ3n) is 4.54. The van der Waals surface area contributed by atoms with Crippen molar-refractivity contribution in [2.45, 2.75) is 32.6 Å². The highest BCUT2D eigenvalue weighted by Gasteiger charge is 2.14. The van der Waals surface area contributed by atoms with E-state index in [2.05, 4.69) is 20.5 Å². The van der Waals surface area contributed by atoms with Gasteiger partial charge in [-0.15, -0.1) is 0 Å². The van der Waals surface area contributed by atoms with Crippen LogP contribution >= 0.6 is 11.6 Å². The first kappa shape index (κ1) is 18.6. The van der Waals surface area contributed by atoms with Crippen LogP contribution in [0, 0.1) is 6.92 Å². The number of para-hydroxylation sites is 1. The number of nitrogens with zero attached hydrogens (tertiary/aromatic N) is 4. The van der Waals surface area contributed by atoms with Crippen LogP contribution in [0.15, 0.2) is 35.4 Å². The van der Waals surface area contributed by atoms with Gasteiger partial charge in [-0.2, -0.15) is 10.2 Å². The minimum Gasteiger partial charge on any atom is -0.303 e. The molecule has 0 spiro atoms. The van der Waals surface area contributed by atoms with E-state index >= 15 is 0 Å². The number of amides is 1. The van der Waals surface area contributed by atoms with Crippen LogP contribution in [0.3, 0.4) is 0 Å². The van der Waals surface area contributed by atoms with Crippen molar-refractivity contribution < 1.29 is 4.79 Å². The van der Waals surface area contributed by atoms with Crippen LogP contribution in [0.5, 0.6) is 0 Å². The molecule has 7 heteroatoms. The zero-order chi connectivity index (χ0) is 18.4. The predicted octanol–water partition coefficient (Wildman–Crippen LogP) is 3.16. The van der Waals surface area contributed by atoms with Crippen molar-refractivity contribution in [2.75, 3.05) is 19.6 Å². The molecular weight excluding hydrogens is 350 g/mol. The maximum absolute atomic E-state index is 12.0. The standard InChI is InChI=1S/C19H24ClN5O/c1-15-17(19(20)25(23-15)16-8-4-2-5-9-16)14-21-22-18(26)10-13-24-11-6-3-7-12-24/h2,4-5,8-9,14H,3,6-7,10-13H2,1H3,(H,22,26)/b21-14+. The van der Waals surface area contributed by atoms with Crippen molar-refractivity contribution in [2.24, 2.45) is 5.10 Å². The van der Waals surface area contributed by atoms with Gasteiger partial charge in [-0.1, -0.05) is 36.2 Å². The smallest absolute Gasteiger partial charge is 0.241 e. The van der Waals surface area contributed by atoms with Gasteiger partial charge in [0.25, 0.3) is 0 Å². The van der Waals surface area contributed by atoms with E-state index in [1.54, 1.807) is 10.9 Å². The van der Waals surface area contributed by atoms with Crippen molar-refractivity contribution in [1.29, 1.82) is 0 Å². The second-order valence-electron chi connectivity index (χ2n) is 6.48. The number of carbonyl (C=O) groups is 1. The minimum absolute atomic E-state index is 0.0870. The number of piperidine rings is 1. The second-order valence-corrected chi connectivity index (χ2v) is 6.84. The molecule has 1 aliphatic heterocycles. The maximum Gasteiger partial charge on any atom is 0.241 e.